The number of anilines is 2. The number of sulfone groups is 1. The second-order valence-corrected chi connectivity index (χ2v) is 8.76. The Bertz CT molecular complexity index is 1030. The van der Waals surface area contributed by atoms with E-state index in [4.69, 9.17) is 4.74 Å². The fourth-order valence-corrected chi connectivity index (χ4v) is 4.00. The number of hydrogen-bond donors (Lipinski definition) is 2. The van der Waals surface area contributed by atoms with Gasteiger partial charge in [0, 0.05) is 10.9 Å². The van der Waals surface area contributed by atoms with Crippen molar-refractivity contribution in [1.29, 1.82) is 0 Å². The van der Waals surface area contributed by atoms with E-state index in [1.165, 1.54) is 30.3 Å². The molecular weight excluding hydrogens is 443 g/mol. The summed E-state index contributed by atoms with van der Waals surface area (Å²) in [5.74, 6) is -1.74. The SMILES string of the molecule is O=C(CCS(=O)(=O)c1ccc2c(c1)NC(=O)CO2)Nc1ccc(Br)cc1F. The number of fused-ring (bicyclic) bond motifs is 1. The number of benzene rings is 2. The molecule has 0 bridgehead atoms. The first kappa shape index (κ1) is 19.3. The Morgan fingerprint density at radius 3 is 2.78 bits per heavy atom. The van der Waals surface area contributed by atoms with Gasteiger partial charge in [-0.15, -0.1) is 0 Å². The molecule has 10 heteroatoms. The summed E-state index contributed by atoms with van der Waals surface area (Å²) in [6.45, 7) is -0.133. The first-order valence-corrected chi connectivity index (χ1v) is 10.2. The molecule has 7 nitrogen and oxygen atoms in total. The molecule has 0 saturated heterocycles. The lowest BCUT2D eigenvalue weighted by Crippen LogP contribution is -2.25. The zero-order valence-electron chi connectivity index (χ0n) is 13.8. The second kappa shape index (κ2) is 7.65. The molecule has 3 rings (SSSR count). The largest absolute Gasteiger partial charge is 0.482 e. The van der Waals surface area contributed by atoms with Crippen molar-refractivity contribution < 1.29 is 27.1 Å². The summed E-state index contributed by atoms with van der Waals surface area (Å²) in [6, 6.07) is 8.19. The van der Waals surface area contributed by atoms with E-state index in [0.29, 0.717) is 10.2 Å². The van der Waals surface area contributed by atoms with Crippen LogP contribution >= 0.6 is 15.9 Å². The van der Waals surface area contributed by atoms with Crippen LogP contribution in [0.25, 0.3) is 0 Å². The molecular formula is C17H14BrFN2O5S. The van der Waals surface area contributed by atoms with Crippen LogP contribution in [0.2, 0.25) is 0 Å². The van der Waals surface area contributed by atoms with Gasteiger partial charge in [-0.1, -0.05) is 15.9 Å². The highest BCUT2D eigenvalue weighted by Gasteiger charge is 2.22. The van der Waals surface area contributed by atoms with Gasteiger partial charge in [-0.2, -0.15) is 0 Å². The fraction of sp³-hybridized carbons (Fsp3) is 0.176. The van der Waals surface area contributed by atoms with Gasteiger partial charge in [0.15, 0.2) is 16.4 Å². The van der Waals surface area contributed by atoms with E-state index < -0.39 is 27.3 Å². The normalized spacial score (nSPS) is 13.3. The highest BCUT2D eigenvalue weighted by molar-refractivity contribution is 9.10. The van der Waals surface area contributed by atoms with Gasteiger partial charge >= 0.3 is 0 Å². The predicted molar refractivity (Wildman–Crippen MR) is 100.0 cm³/mol. The summed E-state index contributed by atoms with van der Waals surface area (Å²) in [5, 5.41) is 4.87. The topological polar surface area (TPSA) is 102 Å². The second-order valence-electron chi connectivity index (χ2n) is 5.74. The van der Waals surface area contributed by atoms with Gasteiger partial charge < -0.3 is 15.4 Å². The van der Waals surface area contributed by atoms with Gasteiger partial charge in [-0.05, 0) is 36.4 Å². The number of amides is 2. The van der Waals surface area contributed by atoms with Crippen LogP contribution in [0.15, 0.2) is 45.8 Å². The Morgan fingerprint density at radius 2 is 2.04 bits per heavy atom. The lowest BCUT2D eigenvalue weighted by atomic mass is 10.2. The van der Waals surface area contributed by atoms with Crippen molar-refractivity contribution in [2.45, 2.75) is 11.3 Å². The fourth-order valence-electron chi connectivity index (χ4n) is 2.40. The molecule has 2 aromatic carbocycles. The number of hydrogen-bond acceptors (Lipinski definition) is 5. The van der Waals surface area contributed by atoms with E-state index in [9.17, 15) is 22.4 Å². The number of halogens is 2. The third kappa shape index (κ3) is 4.64. The van der Waals surface area contributed by atoms with E-state index in [1.54, 1.807) is 6.07 Å². The minimum absolute atomic E-state index is 0.0331. The zero-order valence-corrected chi connectivity index (χ0v) is 16.2. The number of rotatable bonds is 5. The molecule has 2 aromatic rings. The Morgan fingerprint density at radius 1 is 1.26 bits per heavy atom. The van der Waals surface area contributed by atoms with Crippen molar-refractivity contribution in [3.8, 4) is 5.75 Å². The van der Waals surface area contributed by atoms with Crippen LogP contribution in [-0.2, 0) is 19.4 Å². The third-order valence-electron chi connectivity index (χ3n) is 3.75. The molecule has 142 valence electrons. The number of ether oxygens (including phenoxy) is 1. The van der Waals surface area contributed by atoms with Gasteiger partial charge in [0.25, 0.3) is 5.91 Å². The molecule has 0 aliphatic carbocycles. The highest BCUT2D eigenvalue weighted by atomic mass is 79.9. The van der Waals surface area contributed by atoms with Crippen LogP contribution in [0.3, 0.4) is 0 Å². The molecule has 0 spiro atoms. The van der Waals surface area contributed by atoms with Crippen LogP contribution < -0.4 is 15.4 Å². The van der Waals surface area contributed by atoms with Gasteiger partial charge in [0.2, 0.25) is 5.91 Å². The maximum Gasteiger partial charge on any atom is 0.262 e. The number of carbonyl (C=O) groups is 2. The molecule has 0 saturated carbocycles. The predicted octanol–water partition coefficient (Wildman–Crippen LogP) is 2.72. The van der Waals surface area contributed by atoms with E-state index in [0.717, 1.165) is 0 Å². The van der Waals surface area contributed by atoms with E-state index in [1.807, 2.05) is 0 Å². The molecule has 2 amide bonds. The van der Waals surface area contributed by atoms with Crippen LogP contribution in [0.5, 0.6) is 5.75 Å². The Kier molecular flexibility index (Phi) is 5.47. The summed E-state index contributed by atoms with van der Waals surface area (Å²) in [7, 11) is -3.78. The van der Waals surface area contributed by atoms with Gasteiger partial charge in [0.1, 0.15) is 11.6 Å². The van der Waals surface area contributed by atoms with E-state index in [-0.39, 0.29) is 35.2 Å². The lowest BCUT2D eigenvalue weighted by Gasteiger charge is -2.18. The minimum atomic E-state index is -3.78. The maximum absolute atomic E-state index is 13.7. The van der Waals surface area contributed by atoms with E-state index in [2.05, 4.69) is 26.6 Å². The van der Waals surface area contributed by atoms with Crippen molar-refractivity contribution in [2.75, 3.05) is 23.0 Å². The molecule has 0 radical (unpaired) electrons. The van der Waals surface area contributed by atoms with Gasteiger partial charge in [0.05, 0.1) is 22.0 Å². The van der Waals surface area contributed by atoms with Crippen molar-refractivity contribution in [2.24, 2.45) is 0 Å². The summed E-state index contributed by atoms with van der Waals surface area (Å²) in [4.78, 5) is 23.3. The lowest BCUT2D eigenvalue weighted by molar-refractivity contribution is -0.118. The van der Waals surface area contributed by atoms with Crippen molar-refractivity contribution in [3.63, 3.8) is 0 Å². The Balaban J connectivity index is 1.67. The average molecular weight is 457 g/mol. The molecule has 0 aromatic heterocycles. The smallest absolute Gasteiger partial charge is 0.262 e. The van der Waals surface area contributed by atoms with Crippen LogP contribution in [0.4, 0.5) is 15.8 Å². The maximum atomic E-state index is 13.7. The molecule has 0 fully saturated rings. The monoisotopic (exact) mass is 456 g/mol. The Hall–Kier alpha value is -2.46. The summed E-state index contributed by atoms with van der Waals surface area (Å²) >= 11 is 3.11. The molecule has 27 heavy (non-hydrogen) atoms. The van der Waals surface area contributed by atoms with Crippen LogP contribution in [0.1, 0.15) is 6.42 Å². The van der Waals surface area contributed by atoms with Gasteiger partial charge in [-0.3, -0.25) is 9.59 Å². The zero-order chi connectivity index (χ0) is 19.6. The highest BCUT2D eigenvalue weighted by Crippen LogP contribution is 2.30. The standard InChI is InChI=1S/C17H14BrFN2O5S/c18-10-1-3-13(12(19)7-10)20-16(22)5-6-27(24,25)11-2-4-15-14(8-11)21-17(23)9-26-15/h1-4,7-8H,5-6,9H2,(H,20,22)(H,21,23). The Labute approximate surface area is 163 Å². The minimum Gasteiger partial charge on any atom is -0.482 e. The van der Waals surface area contributed by atoms with Crippen LogP contribution in [-0.4, -0.2) is 32.6 Å². The first-order chi connectivity index (χ1) is 12.7. The summed E-state index contributed by atoms with van der Waals surface area (Å²) in [6.07, 6.45) is -0.349. The molecule has 2 N–H and O–H groups in total. The molecule has 0 atom stereocenters. The summed E-state index contributed by atoms with van der Waals surface area (Å²) < 4.78 is 44.3. The first-order valence-electron chi connectivity index (χ1n) is 7.79. The molecule has 1 aliphatic rings. The van der Waals surface area contributed by atoms with Crippen molar-refractivity contribution in [3.05, 3.63) is 46.7 Å². The molecule has 0 unspecified atom stereocenters. The average Bonchev–Trinajstić information content (AvgIpc) is 2.62. The molecule has 1 heterocycles. The number of nitrogens with one attached hydrogen (secondary N) is 2. The van der Waals surface area contributed by atoms with Gasteiger partial charge in [-0.25, -0.2) is 12.8 Å². The number of carbonyl (C=O) groups excluding carboxylic acids is 2. The van der Waals surface area contributed by atoms with Crippen molar-refractivity contribution >= 4 is 49.0 Å². The summed E-state index contributed by atoms with van der Waals surface area (Å²) in [5.41, 5.74) is 0.225. The van der Waals surface area contributed by atoms with Crippen LogP contribution in [0, 0.1) is 5.82 Å². The quantitative estimate of drug-likeness (QED) is 0.719. The third-order valence-corrected chi connectivity index (χ3v) is 5.95. The molecule has 1 aliphatic heterocycles. The van der Waals surface area contributed by atoms with Crippen molar-refractivity contribution in [1.82, 2.24) is 0 Å². The van der Waals surface area contributed by atoms with E-state index >= 15 is 0 Å².